The van der Waals surface area contributed by atoms with E-state index in [1.54, 1.807) is 50.8 Å². The molecule has 0 aliphatic carbocycles. The smallest absolute Gasteiger partial charge is 0.331 e. The number of amides is 1. The molecule has 0 aromatic carbocycles. The molecule has 0 unspecified atom stereocenters. The molecule has 10 heteroatoms. The van der Waals surface area contributed by atoms with Crippen molar-refractivity contribution in [3.63, 3.8) is 0 Å². The van der Waals surface area contributed by atoms with Gasteiger partial charge in [-0.3, -0.25) is 14.2 Å². The van der Waals surface area contributed by atoms with Crippen LogP contribution in [0.3, 0.4) is 0 Å². The lowest BCUT2D eigenvalue weighted by molar-refractivity contribution is -0.146. The van der Waals surface area contributed by atoms with E-state index in [0.717, 1.165) is 7.40 Å². The first kappa shape index (κ1) is 20.9. The number of hydrogen-bond donors (Lipinski definition) is 2. The molecular formula is C14H19I2N5O3. The van der Waals surface area contributed by atoms with Gasteiger partial charge in [0.05, 0.1) is 0 Å². The highest BCUT2D eigenvalue weighted by Gasteiger charge is 2.30. The predicted molar refractivity (Wildman–Crippen MR) is 105 cm³/mol. The monoisotopic (exact) mass is 559 g/mol. The van der Waals surface area contributed by atoms with Crippen molar-refractivity contribution in [2.24, 2.45) is 5.73 Å². The van der Waals surface area contributed by atoms with Gasteiger partial charge in [0.25, 0.3) is 0 Å². The van der Waals surface area contributed by atoms with Crippen LogP contribution in [0.25, 0.3) is 0 Å². The molecular weight excluding hydrogens is 540 g/mol. The number of carbonyl (C=O) groups is 2. The molecule has 1 amide bonds. The Morgan fingerprint density at radius 3 is 1.62 bits per heavy atom. The van der Waals surface area contributed by atoms with E-state index >= 15 is 0 Å². The van der Waals surface area contributed by atoms with E-state index in [-0.39, 0.29) is 5.91 Å². The van der Waals surface area contributed by atoms with E-state index in [4.69, 9.17) is 10.8 Å². The first-order valence-corrected chi connectivity index (χ1v) is 9.01. The average molecular weight is 559 g/mol. The number of primary amides is 1. The molecule has 0 fully saturated rings. The lowest BCUT2D eigenvalue weighted by atomic mass is 10.1. The maximum atomic E-state index is 11.0. The minimum atomic E-state index is -0.969. The zero-order valence-corrected chi connectivity index (χ0v) is 18.0. The van der Waals surface area contributed by atoms with Crippen molar-refractivity contribution in [2.75, 3.05) is 0 Å². The SMILES string of the molecule is CC(C)(C(=O)O)n1ccc(I)n1.CC(C)(C(N)=O)n1ccc(I)n1. The quantitative estimate of drug-likeness (QED) is 0.557. The number of carboxylic acid groups (broad SMARTS) is 1. The van der Waals surface area contributed by atoms with Gasteiger partial charge < -0.3 is 10.8 Å². The van der Waals surface area contributed by atoms with Crippen molar-refractivity contribution in [2.45, 2.75) is 38.8 Å². The van der Waals surface area contributed by atoms with Crippen LogP contribution in [0.1, 0.15) is 27.7 Å². The Labute approximate surface area is 167 Å². The Morgan fingerprint density at radius 1 is 1.00 bits per heavy atom. The molecule has 24 heavy (non-hydrogen) atoms. The molecule has 0 saturated carbocycles. The standard InChI is InChI=1S/C7H10IN3O.C7H9IN2O2/c1-7(2,6(9)12)11-4-3-5(8)10-11;1-7(2,6(11)12)10-4-3-5(8)9-10/h3-4H,1-2H3,(H2,9,12);3-4H,1-2H3,(H,11,12). The van der Waals surface area contributed by atoms with E-state index in [0.29, 0.717) is 0 Å². The fourth-order valence-electron chi connectivity index (χ4n) is 1.44. The first-order valence-electron chi connectivity index (χ1n) is 6.85. The minimum absolute atomic E-state index is 0.387. The summed E-state index contributed by atoms with van der Waals surface area (Å²) >= 11 is 4.12. The Hall–Kier alpha value is -1.18. The van der Waals surface area contributed by atoms with Gasteiger partial charge in [-0.15, -0.1) is 0 Å². The van der Waals surface area contributed by atoms with Crippen molar-refractivity contribution < 1.29 is 14.7 Å². The van der Waals surface area contributed by atoms with Crippen LogP contribution >= 0.6 is 45.2 Å². The molecule has 2 heterocycles. The summed E-state index contributed by atoms with van der Waals surface area (Å²) in [6.45, 7) is 6.69. The van der Waals surface area contributed by atoms with Crippen LogP contribution in [-0.2, 0) is 20.7 Å². The number of carbonyl (C=O) groups excluding carboxylic acids is 1. The molecule has 0 saturated heterocycles. The Bertz CT molecular complexity index is 674. The summed E-state index contributed by atoms with van der Waals surface area (Å²) in [4.78, 5) is 21.8. The number of nitrogens with zero attached hydrogens (tertiary/aromatic N) is 4. The number of carboxylic acids is 1. The third kappa shape index (κ3) is 4.91. The van der Waals surface area contributed by atoms with Crippen molar-refractivity contribution in [3.05, 3.63) is 31.9 Å². The van der Waals surface area contributed by atoms with Crippen LogP contribution in [0.2, 0.25) is 0 Å². The summed E-state index contributed by atoms with van der Waals surface area (Å²) in [5.41, 5.74) is 3.49. The zero-order valence-electron chi connectivity index (χ0n) is 13.7. The molecule has 0 spiro atoms. The number of hydrogen-bond acceptors (Lipinski definition) is 4. The molecule has 3 N–H and O–H groups in total. The summed E-state index contributed by atoms with van der Waals surface area (Å²) in [7, 11) is 0. The van der Waals surface area contributed by atoms with Crippen LogP contribution in [0.4, 0.5) is 0 Å². The van der Waals surface area contributed by atoms with Gasteiger partial charge in [-0.25, -0.2) is 4.79 Å². The summed E-state index contributed by atoms with van der Waals surface area (Å²) in [5, 5.41) is 17.0. The number of aliphatic carboxylic acids is 1. The molecule has 8 nitrogen and oxygen atoms in total. The lowest BCUT2D eigenvalue weighted by Crippen LogP contribution is -2.41. The molecule has 2 rings (SSSR count). The molecule has 0 aliphatic heterocycles. The lowest BCUT2D eigenvalue weighted by Gasteiger charge is -2.20. The minimum Gasteiger partial charge on any atom is -0.479 e. The van der Waals surface area contributed by atoms with E-state index in [1.807, 2.05) is 28.7 Å². The number of nitrogens with two attached hydrogens (primary N) is 1. The highest BCUT2D eigenvalue weighted by Crippen LogP contribution is 2.15. The molecule has 2 aromatic heterocycles. The summed E-state index contributed by atoms with van der Waals surface area (Å²) in [5.74, 6) is -1.27. The van der Waals surface area contributed by atoms with Crippen LogP contribution < -0.4 is 5.73 Å². The fourth-order valence-corrected chi connectivity index (χ4v) is 2.22. The third-order valence-corrected chi connectivity index (χ3v) is 4.54. The topological polar surface area (TPSA) is 116 Å². The van der Waals surface area contributed by atoms with Crippen LogP contribution in [0, 0.1) is 7.40 Å². The Kier molecular flexibility index (Phi) is 6.78. The summed E-state index contributed by atoms with van der Waals surface area (Å²) in [6.07, 6.45) is 3.41. The van der Waals surface area contributed by atoms with Gasteiger partial charge >= 0.3 is 5.97 Å². The fraction of sp³-hybridized carbons (Fsp3) is 0.429. The molecule has 0 bridgehead atoms. The van der Waals surface area contributed by atoms with E-state index < -0.39 is 17.0 Å². The second-order valence-corrected chi connectivity index (χ2v) is 8.16. The van der Waals surface area contributed by atoms with Gasteiger partial charge in [-0.2, -0.15) is 10.2 Å². The van der Waals surface area contributed by atoms with Crippen LogP contribution in [0.15, 0.2) is 24.5 Å². The van der Waals surface area contributed by atoms with Crippen LogP contribution in [0.5, 0.6) is 0 Å². The van der Waals surface area contributed by atoms with Gasteiger partial charge in [-0.1, -0.05) is 0 Å². The number of halogens is 2. The molecule has 132 valence electrons. The maximum Gasteiger partial charge on any atom is 0.331 e. The van der Waals surface area contributed by atoms with Gasteiger partial charge in [0, 0.05) is 12.4 Å². The normalized spacial score (nSPS) is 11.6. The van der Waals surface area contributed by atoms with E-state index in [1.165, 1.54) is 4.68 Å². The van der Waals surface area contributed by atoms with Gasteiger partial charge in [0.15, 0.2) is 5.54 Å². The van der Waals surface area contributed by atoms with E-state index in [2.05, 4.69) is 32.8 Å². The second-order valence-electron chi connectivity index (χ2n) is 5.95. The predicted octanol–water partition coefficient (Wildman–Crippen LogP) is 2.02. The van der Waals surface area contributed by atoms with Gasteiger partial charge in [-0.05, 0) is 85.0 Å². The highest BCUT2D eigenvalue weighted by atomic mass is 127. The largest absolute Gasteiger partial charge is 0.479 e. The molecule has 0 aliphatic rings. The molecule has 0 atom stereocenters. The average Bonchev–Trinajstić information content (AvgIpc) is 3.08. The third-order valence-electron chi connectivity index (χ3n) is 3.38. The van der Waals surface area contributed by atoms with Gasteiger partial charge in [0.1, 0.15) is 12.9 Å². The van der Waals surface area contributed by atoms with Crippen molar-refractivity contribution in [1.29, 1.82) is 0 Å². The van der Waals surface area contributed by atoms with Crippen molar-refractivity contribution >= 4 is 57.1 Å². The number of rotatable bonds is 4. The van der Waals surface area contributed by atoms with Crippen molar-refractivity contribution in [3.8, 4) is 0 Å². The maximum absolute atomic E-state index is 11.0. The van der Waals surface area contributed by atoms with Crippen molar-refractivity contribution in [1.82, 2.24) is 19.6 Å². The number of aromatic nitrogens is 4. The molecule has 2 aromatic rings. The summed E-state index contributed by atoms with van der Waals surface area (Å²) in [6, 6.07) is 3.59. The highest BCUT2D eigenvalue weighted by molar-refractivity contribution is 14.1. The van der Waals surface area contributed by atoms with Gasteiger partial charge in [0.2, 0.25) is 5.91 Å². The summed E-state index contributed by atoms with van der Waals surface area (Å²) < 4.78 is 4.65. The zero-order chi connectivity index (χ0) is 18.7. The molecule has 0 radical (unpaired) electrons. The van der Waals surface area contributed by atoms with E-state index in [9.17, 15) is 9.59 Å². The Balaban J connectivity index is 0.000000240. The second kappa shape index (κ2) is 7.80. The first-order chi connectivity index (χ1) is 10.9. The van der Waals surface area contributed by atoms with Crippen LogP contribution in [-0.4, -0.2) is 36.5 Å². The Morgan fingerprint density at radius 2 is 1.38 bits per heavy atom.